The molecule has 29 heavy (non-hydrogen) atoms. The van der Waals surface area contributed by atoms with Gasteiger partial charge in [-0.1, -0.05) is 61.3 Å². The second kappa shape index (κ2) is 11.9. The first-order valence-electron chi connectivity index (χ1n) is 11.4. The number of carbonyl (C=O) groups excluding carboxylic acids is 2. The summed E-state index contributed by atoms with van der Waals surface area (Å²) in [5.41, 5.74) is -0.357. The van der Waals surface area contributed by atoms with Gasteiger partial charge in [-0.05, 0) is 33.1 Å². The zero-order chi connectivity index (χ0) is 23.0. The molecule has 4 atom stereocenters. The molecule has 172 valence electrons. The molecule has 2 aliphatic rings. The van der Waals surface area contributed by atoms with Crippen molar-refractivity contribution in [3.05, 3.63) is 0 Å². The lowest BCUT2D eigenvalue weighted by Gasteiger charge is -2.37. The third-order valence-corrected chi connectivity index (χ3v) is 5.07. The molecule has 2 fully saturated rings. The number of fused-ring (bicyclic) bond motifs is 1. The van der Waals surface area contributed by atoms with Crippen molar-refractivity contribution < 1.29 is 9.59 Å². The largest absolute Gasteiger partial charge is 0.334 e. The fourth-order valence-electron chi connectivity index (χ4n) is 3.27. The van der Waals surface area contributed by atoms with E-state index < -0.39 is 0 Å². The molecule has 6 nitrogen and oxygen atoms in total. The van der Waals surface area contributed by atoms with Crippen LogP contribution in [0.1, 0.15) is 89.0 Å². The first-order valence-corrected chi connectivity index (χ1v) is 11.4. The van der Waals surface area contributed by atoms with Crippen LogP contribution in [0.4, 0.5) is 4.79 Å². The summed E-state index contributed by atoms with van der Waals surface area (Å²) in [5, 5.41) is 9.41. The van der Waals surface area contributed by atoms with Gasteiger partial charge in [-0.2, -0.15) is 0 Å². The molecule has 6 heteroatoms. The molecule has 0 aromatic carbocycles. The minimum absolute atomic E-state index is 0.0239. The molecule has 0 unspecified atom stereocenters. The number of Topliss-reactive ketones (excluding diaryl/α,β-unsaturated/α-hetero) is 1. The van der Waals surface area contributed by atoms with Crippen molar-refractivity contribution in [1.29, 1.82) is 0 Å². The second-order valence-corrected chi connectivity index (χ2v) is 10.1. The molecule has 0 aromatic heterocycles. The van der Waals surface area contributed by atoms with E-state index in [2.05, 4.69) is 55.5 Å². The van der Waals surface area contributed by atoms with Crippen LogP contribution in [0.5, 0.6) is 0 Å². The van der Waals surface area contributed by atoms with E-state index in [-0.39, 0.29) is 34.9 Å². The Bertz CT molecular complexity index is 506. The fourth-order valence-corrected chi connectivity index (χ4v) is 3.27. The van der Waals surface area contributed by atoms with E-state index in [0.717, 1.165) is 6.54 Å². The third-order valence-electron chi connectivity index (χ3n) is 5.07. The summed E-state index contributed by atoms with van der Waals surface area (Å²) in [6.45, 7) is 23.8. The summed E-state index contributed by atoms with van der Waals surface area (Å²) in [6.07, 6.45) is 2.64. The molecule has 0 saturated carbocycles. The zero-order valence-corrected chi connectivity index (χ0v) is 20.9. The molecule has 0 spiro atoms. The number of hydrogen-bond acceptors (Lipinski definition) is 4. The normalized spacial score (nSPS) is 24.2. The van der Waals surface area contributed by atoms with Crippen LogP contribution < -0.4 is 16.0 Å². The molecule has 0 bridgehead atoms. The minimum atomic E-state index is -0.270. The van der Waals surface area contributed by atoms with E-state index in [0.29, 0.717) is 18.6 Å². The predicted octanol–water partition coefficient (Wildman–Crippen LogP) is 3.95. The number of nitrogens with one attached hydrogen (secondary N) is 3. The average molecular weight is 413 g/mol. The molecular formula is C23H48N4O2. The Labute approximate surface area is 180 Å². The van der Waals surface area contributed by atoms with Crippen LogP contribution in [0, 0.1) is 5.41 Å². The van der Waals surface area contributed by atoms with Gasteiger partial charge in [-0.25, -0.2) is 4.79 Å². The molecule has 2 amide bonds. The topological polar surface area (TPSA) is 83.4 Å². The Morgan fingerprint density at radius 2 is 1.59 bits per heavy atom. The SMILES string of the molecule is CC.CC(=O)[C@@H]1[C@H]2N[C@H]2CN1C[C@@H](NC(=O)NC(C)(C)C)C(C)(C)C.CCCC. The Morgan fingerprint density at radius 1 is 1.07 bits per heavy atom. The van der Waals surface area contributed by atoms with Crippen LogP contribution in [-0.4, -0.2) is 59.5 Å². The molecule has 0 aromatic rings. The number of amides is 2. The first-order chi connectivity index (χ1) is 13.3. The molecule has 3 N–H and O–H groups in total. The van der Waals surface area contributed by atoms with E-state index in [1.54, 1.807) is 6.92 Å². The highest BCUT2D eigenvalue weighted by Crippen LogP contribution is 2.31. The summed E-state index contributed by atoms with van der Waals surface area (Å²) in [6, 6.07) is 0.505. The molecule has 2 aliphatic heterocycles. The van der Waals surface area contributed by atoms with Crippen LogP contribution in [0.2, 0.25) is 0 Å². The van der Waals surface area contributed by atoms with Gasteiger partial charge in [0.25, 0.3) is 0 Å². The van der Waals surface area contributed by atoms with E-state index in [4.69, 9.17) is 0 Å². The van der Waals surface area contributed by atoms with E-state index >= 15 is 0 Å². The van der Waals surface area contributed by atoms with Gasteiger partial charge in [0, 0.05) is 36.8 Å². The summed E-state index contributed by atoms with van der Waals surface area (Å²) < 4.78 is 0. The number of unbranched alkanes of at least 4 members (excludes halogenated alkanes) is 1. The predicted molar refractivity (Wildman–Crippen MR) is 123 cm³/mol. The van der Waals surface area contributed by atoms with Crippen LogP contribution >= 0.6 is 0 Å². The monoisotopic (exact) mass is 412 g/mol. The van der Waals surface area contributed by atoms with Gasteiger partial charge in [0.1, 0.15) is 5.78 Å². The van der Waals surface area contributed by atoms with Crippen molar-refractivity contribution in [3.63, 3.8) is 0 Å². The summed E-state index contributed by atoms with van der Waals surface area (Å²) in [5.74, 6) is 0.203. The van der Waals surface area contributed by atoms with Gasteiger partial charge in [-0.15, -0.1) is 0 Å². The van der Waals surface area contributed by atoms with Crippen molar-refractivity contribution in [3.8, 4) is 0 Å². The maximum Gasteiger partial charge on any atom is 0.315 e. The van der Waals surface area contributed by atoms with Crippen molar-refractivity contribution in [2.75, 3.05) is 13.1 Å². The number of nitrogens with zero attached hydrogens (tertiary/aromatic N) is 1. The first kappa shape index (κ1) is 27.9. The maximum absolute atomic E-state index is 12.3. The van der Waals surface area contributed by atoms with Crippen LogP contribution in [0.3, 0.4) is 0 Å². The van der Waals surface area contributed by atoms with Crippen molar-refractivity contribution in [2.24, 2.45) is 5.41 Å². The van der Waals surface area contributed by atoms with E-state index in [1.807, 2.05) is 34.6 Å². The number of ketones is 1. The van der Waals surface area contributed by atoms with Crippen LogP contribution in [-0.2, 0) is 4.79 Å². The standard InChI is InChI=1S/C17H32N4O2.C4H10.C2H6/c1-10(22)14-13-11(18-13)8-21(14)9-12(16(2,3)4)19-15(23)20-17(5,6)7;1-3-4-2;1-2/h11-14,18H,8-9H2,1-7H3,(H2,19,20,23);3-4H2,1-2H3;1-2H3/t11-,12+,13-,14+;;/m0../s1. The molecule has 2 rings (SSSR count). The number of rotatable bonds is 5. The molecule has 0 radical (unpaired) electrons. The zero-order valence-electron chi connectivity index (χ0n) is 20.9. The smallest absolute Gasteiger partial charge is 0.315 e. The molecular weight excluding hydrogens is 364 g/mol. The quantitative estimate of drug-likeness (QED) is 0.597. The Kier molecular flexibility index (Phi) is 11.4. The van der Waals surface area contributed by atoms with Gasteiger partial charge < -0.3 is 16.0 Å². The van der Waals surface area contributed by atoms with E-state index in [9.17, 15) is 9.59 Å². The average Bonchev–Trinajstić information content (AvgIpc) is 3.23. The van der Waals surface area contributed by atoms with Gasteiger partial charge in [-0.3, -0.25) is 9.69 Å². The summed E-state index contributed by atoms with van der Waals surface area (Å²) in [7, 11) is 0. The Hall–Kier alpha value is -1.14. The van der Waals surface area contributed by atoms with Crippen molar-refractivity contribution in [2.45, 2.75) is 119 Å². The highest BCUT2D eigenvalue weighted by molar-refractivity contribution is 5.83. The Balaban J connectivity index is 0.00000116. The lowest BCUT2D eigenvalue weighted by Crippen LogP contribution is -2.58. The lowest BCUT2D eigenvalue weighted by molar-refractivity contribution is -0.121. The number of urea groups is 1. The maximum atomic E-state index is 12.3. The van der Waals surface area contributed by atoms with E-state index in [1.165, 1.54) is 12.8 Å². The van der Waals surface area contributed by atoms with Crippen LogP contribution in [0.15, 0.2) is 0 Å². The van der Waals surface area contributed by atoms with Crippen molar-refractivity contribution >= 4 is 11.8 Å². The number of likely N-dealkylation sites (tertiary alicyclic amines) is 1. The molecule has 0 aliphatic carbocycles. The highest BCUT2D eigenvalue weighted by Gasteiger charge is 2.54. The lowest BCUT2D eigenvalue weighted by atomic mass is 9.86. The second-order valence-electron chi connectivity index (χ2n) is 10.1. The number of hydrogen-bond donors (Lipinski definition) is 3. The molecule has 2 heterocycles. The highest BCUT2D eigenvalue weighted by atomic mass is 16.2. The Morgan fingerprint density at radius 3 is 1.97 bits per heavy atom. The number of carbonyl (C=O) groups is 2. The van der Waals surface area contributed by atoms with Gasteiger partial charge >= 0.3 is 6.03 Å². The third kappa shape index (κ3) is 9.94. The fraction of sp³-hybridized carbons (Fsp3) is 0.913. The summed E-state index contributed by atoms with van der Waals surface area (Å²) >= 11 is 0. The number of piperazine rings is 1. The van der Waals surface area contributed by atoms with Gasteiger partial charge in [0.2, 0.25) is 0 Å². The summed E-state index contributed by atoms with van der Waals surface area (Å²) in [4.78, 5) is 26.4. The minimum Gasteiger partial charge on any atom is -0.334 e. The van der Waals surface area contributed by atoms with Gasteiger partial charge in [0.15, 0.2) is 0 Å². The van der Waals surface area contributed by atoms with Crippen molar-refractivity contribution in [1.82, 2.24) is 20.9 Å². The van der Waals surface area contributed by atoms with Gasteiger partial charge in [0.05, 0.1) is 6.04 Å². The molecule has 2 saturated heterocycles. The van der Waals surface area contributed by atoms with Crippen LogP contribution in [0.25, 0.3) is 0 Å².